The minimum atomic E-state index is -0.444. The van der Waals surface area contributed by atoms with E-state index in [0.717, 1.165) is 31.1 Å². The number of hydrogen-bond donors (Lipinski definition) is 0. The number of halogens is 2. The van der Waals surface area contributed by atoms with Crippen LogP contribution in [0.4, 0.5) is 9.18 Å². The quantitative estimate of drug-likeness (QED) is 0.573. The van der Waals surface area contributed by atoms with Gasteiger partial charge in [-0.1, -0.05) is 11.6 Å². The Morgan fingerprint density at radius 3 is 2.96 bits per heavy atom. The van der Waals surface area contributed by atoms with Crippen LogP contribution < -0.4 is 0 Å². The summed E-state index contributed by atoms with van der Waals surface area (Å²) in [4.78, 5) is 24.1. The molecule has 0 aliphatic carbocycles. The minimum Gasteiger partial charge on any atom is -0.468 e. The molecule has 0 bridgehead atoms. The molecule has 1 aromatic carbocycles. The third-order valence-corrected chi connectivity index (χ3v) is 6.49. The summed E-state index contributed by atoms with van der Waals surface area (Å²) in [5.41, 5.74) is 0.412. The summed E-state index contributed by atoms with van der Waals surface area (Å²) in [5.74, 6) is -0.733. The van der Waals surface area contributed by atoms with E-state index in [9.17, 15) is 14.0 Å². The van der Waals surface area contributed by atoms with Crippen molar-refractivity contribution in [3.8, 4) is 0 Å². The molecule has 1 unspecified atom stereocenters. The molecule has 2 saturated heterocycles. The molecule has 1 amide bonds. The third kappa shape index (κ3) is 3.51. The molecule has 0 aromatic heterocycles. The van der Waals surface area contributed by atoms with Crippen LogP contribution >= 0.6 is 35.1 Å². The molecule has 2 heterocycles. The second kappa shape index (κ2) is 7.51. The second-order valence-corrected chi connectivity index (χ2v) is 7.85. The van der Waals surface area contributed by atoms with Crippen molar-refractivity contribution >= 4 is 46.3 Å². The number of rotatable bonds is 4. The molecule has 130 valence electrons. The van der Waals surface area contributed by atoms with E-state index >= 15 is 0 Å². The summed E-state index contributed by atoms with van der Waals surface area (Å²) in [6.45, 7) is 1.39. The monoisotopic (exact) mass is 390 g/mol. The lowest BCUT2D eigenvalue weighted by molar-refractivity contribution is -0.137. The number of nitrogens with zero attached hydrogens (tertiary/aromatic N) is 2. The first-order valence-corrected chi connectivity index (χ1v) is 9.69. The first-order chi connectivity index (χ1) is 11.5. The van der Waals surface area contributed by atoms with Crippen molar-refractivity contribution in [3.63, 3.8) is 0 Å². The van der Waals surface area contributed by atoms with E-state index in [2.05, 4.69) is 4.74 Å². The fourth-order valence-electron chi connectivity index (χ4n) is 2.71. The Labute approximate surface area is 152 Å². The van der Waals surface area contributed by atoms with Crippen LogP contribution in [0.25, 0.3) is 0 Å². The highest BCUT2D eigenvalue weighted by Crippen LogP contribution is 2.46. The molecule has 1 atom stereocenters. The molecule has 3 rings (SSSR count). The van der Waals surface area contributed by atoms with Crippen molar-refractivity contribution in [3.05, 3.63) is 28.5 Å². The Balaban J connectivity index is 1.87. The Kier molecular flexibility index (Phi) is 5.59. The van der Waals surface area contributed by atoms with Crippen LogP contribution in [-0.4, -0.2) is 47.2 Å². The first-order valence-electron chi connectivity index (χ1n) is 7.44. The number of carbonyl (C=O) groups excluding carboxylic acids is 2. The average Bonchev–Trinajstić information content (AvgIpc) is 2.91. The van der Waals surface area contributed by atoms with Gasteiger partial charge in [0.15, 0.2) is 0 Å². The summed E-state index contributed by atoms with van der Waals surface area (Å²) >= 11 is 8.39. The minimum absolute atomic E-state index is 0.0576. The summed E-state index contributed by atoms with van der Waals surface area (Å²) < 4.78 is 19.1. The van der Waals surface area contributed by atoms with Crippen LogP contribution in [0.3, 0.4) is 0 Å². The zero-order chi connectivity index (χ0) is 17.3. The smallest absolute Gasteiger partial charge is 0.315 e. The van der Waals surface area contributed by atoms with Gasteiger partial charge in [0.1, 0.15) is 11.2 Å². The SMILES string of the molecule is COC(=O)CSc1cc(C2SC(=O)N3CCCCN23)c(F)cc1Cl. The molecule has 24 heavy (non-hydrogen) atoms. The summed E-state index contributed by atoms with van der Waals surface area (Å²) in [5, 5.41) is 3.39. The van der Waals surface area contributed by atoms with Crippen LogP contribution in [0.2, 0.25) is 5.02 Å². The zero-order valence-corrected chi connectivity index (χ0v) is 15.3. The van der Waals surface area contributed by atoms with Gasteiger partial charge in [0.05, 0.1) is 17.9 Å². The Morgan fingerprint density at radius 1 is 1.46 bits per heavy atom. The molecular weight excluding hydrogens is 375 g/mol. The van der Waals surface area contributed by atoms with E-state index in [4.69, 9.17) is 11.6 Å². The number of ether oxygens (including phenoxy) is 1. The molecule has 5 nitrogen and oxygen atoms in total. The number of methoxy groups -OCH3 is 1. The van der Waals surface area contributed by atoms with Crippen LogP contribution in [0.1, 0.15) is 23.8 Å². The van der Waals surface area contributed by atoms with E-state index < -0.39 is 11.2 Å². The highest BCUT2D eigenvalue weighted by Gasteiger charge is 2.42. The summed E-state index contributed by atoms with van der Waals surface area (Å²) in [7, 11) is 1.31. The van der Waals surface area contributed by atoms with Gasteiger partial charge in [-0.25, -0.2) is 4.39 Å². The fourth-order valence-corrected chi connectivity index (χ4v) is 4.98. The van der Waals surface area contributed by atoms with Crippen molar-refractivity contribution in [2.75, 3.05) is 26.0 Å². The number of esters is 1. The molecule has 2 fully saturated rings. The lowest BCUT2D eigenvalue weighted by Gasteiger charge is -2.34. The number of carbonyl (C=O) groups is 2. The molecule has 2 aliphatic heterocycles. The van der Waals surface area contributed by atoms with Crippen LogP contribution in [-0.2, 0) is 9.53 Å². The van der Waals surface area contributed by atoms with Gasteiger partial charge in [0.25, 0.3) is 5.24 Å². The molecule has 0 spiro atoms. The maximum Gasteiger partial charge on any atom is 0.315 e. The lowest BCUT2D eigenvalue weighted by atomic mass is 10.1. The molecule has 9 heteroatoms. The van der Waals surface area contributed by atoms with Crippen LogP contribution in [0, 0.1) is 5.82 Å². The largest absolute Gasteiger partial charge is 0.468 e. The second-order valence-electron chi connectivity index (χ2n) is 5.40. The number of hydrazine groups is 1. The first kappa shape index (κ1) is 17.8. The number of fused-ring (bicyclic) bond motifs is 1. The molecule has 0 radical (unpaired) electrons. The predicted octanol–water partition coefficient (Wildman–Crippen LogP) is 3.92. The molecular formula is C15H16ClFN2O3S2. The van der Waals surface area contributed by atoms with Crippen LogP contribution in [0.5, 0.6) is 0 Å². The van der Waals surface area contributed by atoms with E-state index in [1.807, 2.05) is 5.01 Å². The topological polar surface area (TPSA) is 49.9 Å². The van der Waals surface area contributed by atoms with Gasteiger partial charge in [0, 0.05) is 23.5 Å². The molecule has 2 aliphatic rings. The van der Waals surface area contributed by atoms with Gasteiger partial charge >= 0.3 is 5.97 Å². The highest BCUT2D eigenvalue weighted by atomic mass is 35.5. The van der Waals surface area contributed by atoms with Gasteiger partial charge < -0.3 is 4.74 Å². The number of hydrogen-bond acceptors (Lipinski definition) is 6. The van der Waals surface area contributed by atoms with E-state index in [-0.39, 0.29) is 22.0 Å². The van der Waals surface area contributed by atoms with E-state index in [1.165, 1.54) is 24.9 Å². The van der Waals surface area contributed by atoms with Gasteiger partial charge in [0.2, 0.25) is 0 Å². The van der Waals surface area contributed by atoms with E-state index in [1.54, 1.807) is 11.1 Å². The zero-order valence-electron chi connectivity index (χ0n) is 13.0. The average molecular weight is 391 g/mol. The van der Waals surface area contributed by atoms with Crippen molar-refractivity contribution in [1.82, 2.24) is 10.0 Å². The number of benzene rings is 1. The maximum atomic E-state index is 14.5. The molecule has 0 N–H and O–H groups in total. The van der Waals surface area contributed by atoms with Crippen molar-refractivity contribution in [1.29, 1.82) is 0 Å². The molecule has 0 saturated carbocycles. The third-order valence-electron chi connectivity index (χ3n) is 3.90. The van der Waals surface area contributed by atoms with Crippen molar-refractivity contribution in [2.45, 2.75) is 23.1 Å². The van der Waals surface area contributed by atoms with Gasteiger partial charge in [-0.05, 0) is 36.7 Å². The summed E-state index contributed by atoms with van der Waals surface area (Å²) in [6.07, 6.45) is 1.93. The summed E-state index contributed by atoms with van der Waals surface area (Å²) in [6, 6.07) is 2.88. The number of thioether (sulfide) groups is 2. The van der Waals surface area contributed by atoms with Gasteiger partial charge in [-0.2, -0.15) is 5.01 Å². The van der Waals surface area contributed by atoms with Crippen molar-refractivity contribution < 1.29 is 18.7 Å². The van der Waals surface area contributed by atoms with Crippen LogP contribution in [0.15, 0.2) is 17.0 Å². The predicted molar refractivity (Wildman–Crippen MR) is 92.5 cm³/mol. The Morgan fingerprint density at radius 2 is 2.21 bits per heavy atom. The lowest BCUT2D eigenvalue weighted by Crippen LogP contribution is -2.44. The highest BCUT2D eigenvalue weighted by molar-refractivity contribution is 8.14. The van der Waals surface area contributed by atoms with Gasteiger partial charge in [-0.15, -0.1) is 11.8 Å². The fraction of sp³-hybridized carbons (Fsp3) is 0.467. The molecule has 1 aromatic rings. The van der Waals surface area contributed by atoms with E-state index in [0.29, 0.717) is 17.0 Å². The maximum absolute atomic E-state index is 14.5. The Hall–Kier alpha value is -0.960. The van der Waals surface area contributed by atoms with Gasteiger partial charge in [-0.3, -0.25) is 14.6 Å². The van der Waals surface area contributed by atoms with Crippen molar-refractivity contribution in [2.24, 2.45) is 0 Å². The normalized spacial score (nSPS) is 21.0. The Bertz CT molecular complexity index is 676. The number of amides is 1. The standard InChI is InChI=1S/C15H16ClFN2O3S2/c1-22-13(20)8-23-12-6-9(11(17)7-10(12)16)14-18-4-2-3-5-19(18)15(21)24-14/h6-7,14H,2-5,8H2,1H3.